The Morgan fingerprint density at radius 2 is 2.22 bits per heavy atom. The number of nitrogens with one attached hydrogen (secondary N) is 1. The molecule has 1 amide bonds. The van der Waals surface area contributed by atoms with E-state index in [4.69, 9.17) is 4.74 Å². The zero-order valence-corrected chi connectivity index (χ0v) is 11.4. The fourth-order valence-corrected chi connectivity index (χ4v) is 1.32. The molecule has 0 aliphatic rings. The molecule has 4 nitrogen and oxygen atoms in total. The average molecular weight is 248 g/mol. The van der Waals surface area contributed by atoms with Gasteiger partial charge in [-0.25, -0.2) is 4.79 Å². The predicted molar refractivity (Wildman–Crippen MR) is 72.2 cm³/mol. The standard InChI is InChI=1S/C14H20N2O2/c1-11-12(7-5-9-15-11)8-6-10-16-13(17)18-14(2,3)4/h5-9H,10H2,1-4H3,(H,16,17). The van der Waals surface area contributed by atoms with Gasteiger partial charge in [-0.1, -0.05) is 18.2 Å². The molecule has 0 bridgehead atoms. The number of aryl methyl sites for hydroxylation is 1. The van der Waals surface area contributed by atoms with Gasteiger partial charge in [-0.2, -0.15) is 0 Å². The van der Waals surface area contributed by atoms with Crippen molar-refractivity contribution in [1.29, 1.82) is 0 Å². The van der Waals surface area contributed by atoms with Gasteiger partial charge in [0.25, 0.3) is 0 Å². The topological polar surface area (TPSA) is 51.2 Å². The number of hydrogen-bond acceptors (Lipinski definition) is 3. The highest BCUT2D eigenvalue weighted by molar-refractivity contribution is 5.68. The zero-order chi connectivity index (χ0) is 13.6. The van der Waals surface area contributed by atoms with Crippen LogP contribution in [0.2, 0.25) is 0 Å². The zero-order valence-electron chi connectivity index (χ0n) is 11.4. The number of carbonyl (C=O) groups is 1. The first-order chi connectivity index (χ1) is 8.38. The molecule has 18 heavy (non-hydrogen) atoms. The molecule has 0 fully saturated rings. The molecule has 1 rings (SSSR count). The van der Waals surface area contributed by atoms with E-state index in [0.29, 0.717) is 6.54 Å². The second-order valence-electron chi connectivity index (χ2n) is 4.96. The van der Waals surface area contributed by atoms with Crippen molar-refractivity contribution in [1.82, 2.24) is 10.3 Å². The third-order valence-corrected chi connectivity index (χ3v) is 2.11. The summed E-state index contributed by atoms with van der Waals surface area (Å²) in [5, 5.41) is 2.66. The summed E-state index contributed by atoms with van der Waals surface area (Å²) in [6, 6.07) is 3.86. The minimum absolute atomic E-state index is 0.407. The van der Waals surface area contributed by atoms with Crippen LogP contribution in [0.4, 0.5) is 4.79 Å². The van der Waals surface area contributed by atoms with Gasteiger partial charge in [-0.15, -0.1) is 0 Å². The summed E-state index contributed by atoms with van der Waals surface area (Å²) < 4.78 is 5.12. The number of hydrogen-bond donors (Lipinski definition) is 1. The SMILES string of the molecule is Cc1ncccc1C=CCNC(=O)OC(C)(C)C. The van der Waals surface area contributed by atoms with Crippen molar-refractivity contribution in [2.24, 2.45) is 0 Å². The summed E-state index contributed by atoms with van der Waals surface area (Å²) in [7, 11) is 0. The summed E-state index contributed by atoms with van der Waals surface area (Å²) >= 11 is 0. The first-order valence-corrected chi connectivity index (χ1v) is 5.93. The van der Waals surface area contributed by atoms with Crippen LogP contribution in [0.3, 0.4) is 0 Å². The molecule has 0 aliphatic heterocycles. The molecule has 1 heterocycles. The highest BCUT2D eigenvalue weighted by Crippen LogP contribution is 2.07. The average Bonchev–Trinajstić information content (AvgIpc) is 2.24. The molecule has 1 N–H and O–H groups in total. The van der Waals surface area contributed by atoms with Crippen molar-refractivity contribution in [3.05, 3.63) is 35.7 Å². The molecule has 0 radical (unpaired) electrons. The van der Waals surface area contributed by atoms with Gasteiger partial charge in [0.05, 0.1) is 0 Å². The van der Waals surface area contributed by atoms with Crippen molar-refractivity contribution >= 4 is 12.2 Å². The van der Waals surface area contributed by atoms with Crippen LogP contribution < -0.4 is 5.32 Å². The Kier molecular flexibility index (Phi) is 4.89. The van der Waals surface area contributed by atoms with Crippen LogP contribution in [-0.2, 0) is 4.74 Å². The third-order valence-electron chi connectivity index (χ3n) is 2.11. The summed E-state index contributed by atoms with van der Waals surface area (Å²) in [5.74, 6) is 0. The molecular formula is C14H20N2O2. The lowest BCUT2D eigenvalue weighted by atomic mass is 10.2. The Labute approximate surface area is 108 Å². The lowest BCUT2D eigenvalue weighted by molar-refractivity contribution is 0.0534. The summed E-state index contributed by atoms with van der Waals surface area (Å²) in [6.45, 7) is 7.88. The minimum Gasteiger partial charge on any atom is -0.444 e. The molecule has 0 aromatic carbocycles. The molecule has 0 atom stereocenters. The second kappa shape index (κ2) is 6.19. The number of alkyl carbamates (subject to hydrolysis) is 1. The highest BCUT2D eigenvalue weighted by atomic mass is 16.6. The van der Waals surface area contributed by atoms with E-state index in [-0.39, 0.29) is 0 Å². The molecule has 4 heteroatoms. The molecule has 1 aromatic heterocycles. The number of rotatable bonds is 3. The summed E-state index contributed by atoms with van der Waals surface area (Å²) in [4.78, 5) is 15.5. The molecule has 0 aliphatic carbocycles. The number of carbonyl (C=O) groups excluding carboxylic acids is 1. The van der Waals surface area contributed by atoms with Gasteiger partial charge in [0, 0.05) is 18.4 Å². The van der Waals surface area contributed by atoms with Crippen LogP contribution >= 0.6 is 0 Å². The molecule has 0 unspecified atom stereocenters. The maximum absolute atomic E-state index is 11.4. The Morgan fingerprint density at radius 1 is 1.50 bits per heavy atom. The number of amides is 1. The van der Waals surface area contributed by atoms with E-state index in [2.05, 4.69) is 10.3 Å². The summed E-state index contributed by atoms with van der Waals surface area (Å²) in [5.41, 5.74) is 1.54. The molecule has 98 valence electrons. The first kappa shape index (κ1) is 14.2. The lowest BCUT2D eigenvalue weighted by Gasteiger charge is -2.19. The first-order valence-electron chi connectivity index (χ1n) is 5.93. The van der Waals surface area contributed by atoms with Gasteiger partial charge in [0.1, 0.15) is 5.60 Å². The van der Waals surface area contributed by atoms with E-state index in [1.165, 1.54) is 0 Å². The van der Waals surface area contributed by atoms with Gasteiger partial charge in [-0.3, -0.25) is 4.98 Å². The number of ether oxygens (including phenoxy) is 1. The molecule has 1 aromatic rings. The van der Waals surface area contributed by atoms with Crippen molar-refractivity contribution in [2.45, 2.75) is 33.3 Å². The van der Waals surface area contributed by atoms with Gasteiger partial charge in [0.2, 0.25) is 0 Å². The van der Waals surface area contributed by atoms with E-state index < -0.39 is 11.7 Å². The quantitative estimate of drug-likeness (QED) is 0.894. The number of pyridine rings is 1. The number of aromatic nitrogens is 1. The van der Waals surface area contributed by atoms with Crippen molar-refractivity contribution in [3.8, 4) is 0 Å². The second-order valence-corrected chi connectivity index (χ2v) is 4.96. The van der Waals surface area contributed by atoms with E-state index in [0.717, 1.165) is 11.3 Å². The summed E-state index contributed by atoms with van der Waals surface area (Å²) in [6.07, 6.45) is 5.15. The van der Waals surface area contributed by atoms with E-state index in [1.54, 1.807) is 6.20 Å². The van der Waals surface area contributed by atoms with Crippen molar-refractivity contribution in [2.75, 3.05) is 6.54 Å². The van der Waals surface area contributed by atoms with Gasteiger partial charge < -0.3 is 10.1 Å². The lowest BCUT2D eigenvalue weighted by Crippen LogP contribution is -2.32. The Hall–Kier alpha value is -1.84. The van der Waals surface area contributed by atoms with E-state index in [1.807, 2.05) is 52.0 Å². The third kappa shape index (κ3) is 5.48. The van der Waals surface area contributed by atoms with Crippen LogP contribution in [0.1, 0.15) is 32.0 Å². The maximum Gasteiger partial charge on any atom is 0.407 e. The molecule has 0 saturated heterocycles. The van der Waals surface area contributed by atoms with E-state index >= 15 is 0 Å². The van der Waals surface area contributed by atoms with E-state index in [9.17, 15) is 4.79 Å². The van der Waals surface area contributed by atoms with Gasteiger partial charge in [0.15, 0.2) is 0 Å². The van der Waals surface area contributed by atoms with Gasteiger partial charge in [-0.05, 0) is 39.3 Å². The predicted octanol–water partition coefficient (Wildman–Crippen LogP) is 2.93. The molecular weight excluding hydrogens is 228 g/mol. The largest absolute Gasteiger partial charge is 0.444 e. The Morgan fingerprint density at radius 3 is 2.83 bits per heavy atom. The normalized spacial score (nSPS) is 11.6. The van der Waals surface area contributed by atoms with Crippen LogP contribution in [-0.4, -0.2) is 23.2 Å². The van der Waals surface area contributed by atoms with Crippen LogP contribution in [0.5, 0.6) is 0 Å². The molecule has 0 spiro atoms. The van der Waals surface area contributed by atoms with Crippen LogP contribution in [0, 0.1) is 6.92 Å². The van der Waals surface area contributed by atoms with Crippen molar-refractivity contribution in [3.63, 3.8) is 0 Å². The Bertz CT molecular complexity index is 434. The smallest absolute Gasteiger partial charge is 0.407 e. The maximum atomic E-state index is 11.4. The van der Waals surface area contributed by atoms with Gasteiger partial charge >= 0.3 is 6.09 Å². The van der Waals surface area contributed by atoms with Crippen LogP contribution in [0.25, 0.3) is 6.08 Å². The fraction of sp³-hybridized carbons (Fsp3) is 0.429. The highest BCUT2D eigenvalue weighted by Gasteiger charge is 2.14. The molecule has 0 saturated carbocycles. The monoisotopic (exact) mass is 248 g/mol. The fourth-order valence-electron chi connectivity index (χ4n) is 1.32. The number of nitrogens with zero attached hydrogens (tertiary/aromatic N) is 1. The minimum atomic E-state index is -0.465. The van der Waals surface area contributed by atoms with Crippen molar-refractivity contribution < 1.29 is 9.53 Å². The Balaban J connectivity index is 2.38. The van der Waals surface area contributed by atoms with Crippen LogP contribution in [0.15, 0.2) is 24.4 Å².